The lowest BCUT2D eigenvalue weighted by Gasteiger charge is -2.45. The Balaban J connectivity index is 1.29. The van der Waals surface area contributed by atoms with Gasteiger partial charge in [0.25, 0.3) is 0 Å². The number of hydrogen-bond acceptors (Lipinski definition) is 8. The van der Waals surface area contributed by atoms with Gasteiger partial charge < -0.3 is 37.9 Å². The zero-order valence-corrected chi connectivity index (χ0v) is 23.8. The molecule has 8 heteroatoms. The fraction of sp³-hybridized carbons (Fsp3) is 0.562. The first-order valence-electron chi connectivity index (χ1n) is 14.2. The third kappa shape index (κ3) is 7.01. The minimum Gasteiger partial charge on any atom is -0.370 e. The fourth-order valence-corrected chi connectivity index (χ4v) is 5.59. The number of benzene rings is 2. The standard InChI is InChI=1S/C32H42O8/c1-6-17-33-31-29-28(39-32(4,5)40-29)27(22(3)37-31)38-30-21(2)26(35-19-24-15-11-8-12-16-24)25(20-36-30)34-18-23-13-9-7-10-14-23/h6-16,21-22,25-31H,1,17-20H2,2-5H3/t21?,22-,25-,26?,27+,28?,29?,30+,31-/m1/s1. The van der Waals surface area contributed by atoms with Crippen LogP contribution in [0.25, 0.3) is 0 Å². The third-order valence-electron chi connectivity index (χ3n) is 7.57. The van der Waals surface area contributed by atoms with Crippen LogP contribution in [0.2, 0.25) is 0 Å². The number of ether oxygens (including phenoxy) is 8. The van der Waals surface area contributed by atoms with E-state index in [2.05, 4.69) is 37.8 Å². The van der Waals surface area contributed by atoms with Gasteiger partial charge in [-0.3, -0.25) is 0 Å². The Morgan fingerprint density at radius 1 is 0.825 bits per heavy atom. The van der Waals surface area contributed by atoms with Gasteiger partial charge in [0.2, 0.25) is 0 Å². The van der Waals surface area contributed by atoms with E-state index in [-0.39, 0.29) is 30.3 Å². The summed E-state index contributed by atoms with van der Waals surface area (Å²) in [6.45, 7) is 13.2. The van der Waals surface area contributed by atoms with Crippen molar-refractivity contribution in [2.45, 2.75) is 95.9 Å². The summed E-state index contributed by atoms with van der Waals surface area (Å²) >= 11 is 0. The second-order valence-corrected chi connectivity index (χ2v) is 11.2. The lowest BCUT2D eigenvalue weighted by atomic mass is 9.95. The number of fused-ring (bicyclic) bond motifs is 1. The van der Waals surface area contributed by atoms with Gasteiger partial charge in [0.15, 0.2) is 18.4 Å². The van der Waals surface area contributed by atoms with E-state index in [0.29, 0.717) is 26.4 Å². The topological polar surface area (TPSA) is 73.8 Å². The van der Waals surface area contributed by atoms with Crippen molar-refractivity contribution in [3.05, 3.63) is 84.4 Å². The molecule has 0 amide bonds. The van der Waals surface area contributed by atoms with E-state index < -0.39 is 30.6 Å². The van der Waals surface area contributed by atoms with Crippen LogP contribution in [-0.2, 0) is 51.1 Å². The van der Waals surface area contributed by atoms with Gasteiger partial charge >= 0.3 is 0 Å². The summed E-state index contributed by atoms with van der Waals surface area (Å²) in [4.78, 5) is 0. The van der Waals surface area contributed by atoms with Crippen molar-refractivity contribution in [2.75, 3.05) is 13.2 Å². The summed E-state index contributed by atoms with van der Waals surface area (Å²) in [6, 6.07) is 20.3. The summed E-state index contributed by atoms with van der Waals surface area (Å²) in [5.74, 6) is -0.925. The van der Waals surface area contributed by atoms with Crippen LogP contribution in [0.1, 0.15) is 38.8 Å². The van der Waals surface area contributed by atoms with E-state index in [1.165, 1.54) is 0 Å². The molecule has 3 aliphatic heterocycles. The van der Waals surface area contributed by atoms with Crippen LogP contribution in [0.15, 0.2) is 73.3 Å². The van der Waals surface area contributed by atoms with Crippen LogP contribution >= 0.6 is 0 Å². The maximum absolute atomic E-state index is 6.65. The maximum atomic E-state index is 6.65. The summed E-state index contributed by atoms with van der Waals surface area (Å²) in [5.41, 5.74) is 2.20. The Morgan fingerprint density at radius 2 is 1.45 bits per heavy atom. The summed E-state index contributed by atoms with van der Waals surface area (Å²) in [6.07, 6.45) is -1.53. The first-order valence-corrected chi connectivity index (χ1v) is 14.2. The average Bonchev–Trinajstić information content (AvgIpc) is 3.29. The minimum absolute atomic E-state index is 0.131. The van der Waals surface area contributed by atoms with E-state index in [9.17, 15) is 0 Å². The number of hydrogen-bond donors (Lipinski definition) is 0. The zero-order valence-electron chi connectivity index (χ0n) is 23.8. The molecule has 0 bridgehead atoms. The number of rotatable bonds is 11. The van der Waals surface area contributed by atoms with Crippen molar-refractivity contribution < 1.29 is 37.9 Å². The monoisotopic (exact) mass is 554 g/mol. The molecule has 218 valence electrons. The molecule has 0 N–H and O–H groups in total. The van der Waals surface area contributed by atoms with E-state index in [4.69, 9.17) is 37.9 Å². The quantitative estimate of drug-likeness (QED) is 0.359. The Labute approximate surface area is 237 Å². The Bertz CT molecular complexity index is 1060. The fourth-order valence-electron chi connectivity index (χ4n) is 5.59. The molecule has 9 atom stereocenters. The lowest BCUT2D eigenvalue weighted by molar-refractivity contribution is -0.326. The zero-order chi connectivity index (χ0) is 28.1. The van der Waals surface area contributed by atoms with Crippen molar-refractivity contribution in [1.82, 2.24) is 0 Å². The van der Waals surface area contributed by atoms with Gasteiger partial charge in [-0.2, -0.15) is 0 Å². The molecule has 2 aromatic carbocycles. The Hall–Kier alpha value is -2.14. The van der Waals surface area contributed by atoms with Crippen molar-refractivity contribution >= 4 is 0 Å². The molecule has 8 nitrogen and oxygen atoms in total. The summed E-state index contributed by atoms with van der Waals surface area (Å²) < 4.78 is 50.4. The van der Waals surface area contributed by atoms with Gasteiger partial charge in [-0.05, 0) is 31.9 Å². The van der Waals surface area contributed by atoms with E-state index >= 15 is 0 Å². The summed E-state index contributed by atoms with van der Waals surface area (Å²) in [5, 5.41) is 0. The van der Waals surface area contributed by atoms with E-state index in [1.54, 1.807) is 6.08 Å². The molecule has 3 fully saturated rings. The Kier molecular flexibility index (Phi) is 9.71. The highest BCUT2D eigenvalue weighted by molar-refractivity contribution is 5.14. The van der Waals surface area contributed by atoms with Crippen LogP contribution in [0.5, 0.6) is 0 Å². The van der Waals surface area contributed by atoms with Crippen LogP contribution in [0.3, 0.4) is 0 Å². The third-order valence-corrected chi connectivity index (χ3v) is 7.57. The van der Waals surface area contributed by atoms with Crippen LogP contribution in [-0.4, -0.2) is 68.2 Å². The predicted molar refractivity (Wildman–Crippen MR) is 148 cm³/mol. The molecule has 0 aromatic heterocycles. The smallest absolute Gasteiger partial charge is 0.187 e. The lowest BCUT2D eigenvalue weighted by Crippen LogP contribution is -2.60. The summed E-state index contributed by atoms with van der Waals surface area (Å²) in [7, 11) is 0. The molecular formula is C32H42O8. The highest BCUT2D eigenvalue weighted by atomic mass is 16.8. The molecule has 2 aromatic rings. The average molecular weight is 555 g/mol. The van der Waals surface area contributed by atoms with Crippen LogP contribution in [0, 0.1) is 5.92 Å². The molecule has 5 rings (SSSR count). The van der Waals surface area contributed by atoms with Gasteiger partial charge in [-0.15, -0.1) is 6.58 Å². The molecule has 40 heavy (non-hydrogen) atoms. The van der Waals surface area contributed by atoms with Crippen LogP contribution < -0.4 is 0 Å². The molecule has 3 aliphatic rings. The first kappa shape index (κ1) is 29.4. The largest absolute Gasteiger partial charge is 0.370 e. The predicted octanol–water partition coefficient (Wildman–Crippen LogP) is 5.00. The Morgan fingerprint density at radius 3 is 2.10 bits per heavy atom. The van der Waals surface area contributed by atoms with Gasteiger partial charge in [-0.1, -0.05) is 73.7 Å². The van der Waals surface area contributed by atoms with Gasteiger partial charge in [0, 0.05) is 5.92 Å². The first-order chi connectivity index (χ1) is 19.3. The van der Waals surface area contributed by atoms with Crippen molar-refractivity contribution in [3.63, 3.8) is 0 Å². The molecule has 0 aliphatic carbocycles. The molecule has 3 saturated heterocycles. The normalized spacial score (nSPS) is 35.2. The highest BCUT2D eigenvalue weighted by Gasteiger charge is 2.56. The van der Waals surface area contributed by atoms with Crippen molar-refractivity contribution in [3.8, 4) is 0 Å². The van der Waals surface area contributed by atoms with Gasteiger partial charge in [0.05, 0.1) is 38.6 Å². The highest BCUT2D eigenvalue weighted by Crippen LogP contribution is 2.40. The van der Waals surface area contributed by atoms with Crippen molar-refractivity contribution in [1.29, 1.82) is 0 Å². The molecule has 0 radical (unpaired) electrons. The minimum atomic E-state index is -0.795. The van der Waals surface area contributed by atoms with E-state index in [1.807, 2.05) is 57.2 Å². The SMILES string of the molecule is C=CCO[C@@H]1O[C@H](C)[C@H](O[C@@H]2OC[C@@H](OCc3ccccc3)C(OCc3ccccc3)C2C)C2OC(C)(C)OC21. The molecule has 4 unspecified atom stereocenters. The molecular weight excluding hydrogens is 512 g/mol. The van der Waals surface area contributed by atoms with Crippen molar-refractivity contribution in [2.24, 2.45) is 5.92 Å². The van der Waals surface area contributed by atoms with Crippen LogP contribution in [0.4, 0.5) is 0 Å². The maximum Gasteiger partial charge on any atom is 0.187 e. The molecule has 0 spiro atoms. The van der Waals surface area contributed by atoms with E-state index in [0.717, 1.165) is 11.1 Å². The molecule has 0 saturated carbocycles. The van der Waals surface area contributed by atoms with Gasteiger partial charge in [0.1, 0.15) is 24.4 Å². The molecule has 3 heterocycles. The van der Waals surface area contributed by atoms with Gasteiger partial charge in [-0.25, -0.2) is 0 Å². The second-order valence-electron chi connectivity index (χ2n) is 11.2. The second kappa shape index (κ2) is 13.2.